The van der Waals surface area contributed by atoms with E-state index < -0.39 is 5.91 Å². The Balaban J connectivity index is 1.61. The topological polar surface area (TPSA) is 102 Å². The molecule has 0 atom stereocenters. The number of nitrogens with two attached hydrogens (primary N) is 1. The summed E-state index contributed by atoms with van der Waals surface area (Å²) in [6.07, 6.45) is 4.49. The van der Waals surface area contributed by atoms with E-state index in [1.165, 1.54) is 6.33 Å². The van der Waals surface area contributed by atoms with Gasteiger partial charge in [-0.05, 0) is 59.9 Å². The molecule has 0 fully saturated rings. The zero-order valence-electron chi connectivity index (χ0n) is 15.1. The lowest BCUT2D eigenvalue weighted by molar-refractivity contribution is 0.0999. The highest BCUT2D eigenvalue weighted by Gasteiger charge is 2.09. The predicted molar refractivity (Wildman–Crippen MR) is 108 cm³/mol. The van der Waals surface area contributed by atoms with Crippen LogP contribution in [0.25, 0.3) is 22.0 Å². The third-order valence-electron chi connectivity index (χ3n) is 4.72. The molecule has 0 radical (unpaired) electrons. The Hall–Kier alpha value is -3.80. The van der Waals surface area contributed by atoms with Crippen molar-refractivity contribution in [1.82, 2.24) is 15.0 Å². The van der Waals surface area contributed by atoms with Gasteiger partial charge in [0.2, 0.25) is 5.91 Å². The monoisotopic (exact) mass is 370 g/mol. The van der Waals surface area contributed by atoms with Crippen LogP contribution in [0.4, 0.5) is 0 Å². The van der Waals surface area contributed by atoms with Gasteiger partial charge in [-0.1, -0.05) is 24.3 Å². The first-order chi connectivity index (χ1) is 13.6. The summed E-state index contributed by atoms with van der Waals surface area (Å²) in [5, 5.41) is 0.550. The first kappa shape index (κ1) is 17.6. The van der Waals surface area contributed by atoms with Crippen molar-refractivity contribution in [2.24, 2.45) is 5.73 Å². The molecular weight excluding hydrogens is 352 g/mol. The van der Waals surface area contributed by atoms with E-state index in [4.69, 9.17) is 5.73 Å². The minimum atomic E-state index is -0.424. The fourth-order valence-corrected chi connectivity index (χ4v) is 3.28. The zero-order valence-corrected chi connectivity index (χ0v) is 15.1. The van der Waals surface area contributed by atoms with Crippen molar-refractivity contribution in [2.45, 2.75) is 12.8 Å². The molecule has 0 aliphatic carbocycles. The zero-order chi connectivity index (χ0) is 19.5. The molecule has 6 nitrogen and oxygen atoms in total. The summed E-state index contributed by atoms with van der Waals surface area (Å²) < 4.78 is 0. The summed E-state index contributed by atoms with van der Waals surface area (Å²) in [5.41, 5.74) is 10.2. The summed E-state index contributed by atoms with van der Waals surface area (Å²) in [6.45, 7) is 0. The summed E-state index contributed by atoms with van der Waals surface area (Å²) in [6, 6.07) is 16.9. The van der Waals surface area contributed by atoms with Gasteiger partial charge in [-0.15, -0.1) is 0 Å². The molecule has 0 saturated heterocycles. The van der Waals surface area contributed by atoms with Crippen molar-refractivity contribution in [3.8, 4) is 11.1 Å². The van der Waals surface area contributed by atoms with Gasteiger partial charge in [0.1, 0.15) is 0 Å². The molecule has 2 heterocycles. The van der Waals surface area contributed by atoms with Crippen LogP contribution < -0.4 is 11.3 Å². The van der Waals surface area contributed by atoms with Crippen molar-refractivity contribution < 1.29 is 4.79 Å². The van der Waals surface area contributed by atoms with Gasteiger partial charge < -0.3 is 10.7 Å². The third-order valence-corrected chi connectivity index (χ3v) is 4.72. The second kappa shape index (κ2) is 7.44. The van der Waals surface area contributed by atoms with Gasteiger partial charge in [0.25, 0.3) is 5.56 Å². The van der Waals surface area contributed by atoms with Crippen LogP contribution in [-0.4, -0.2) is 20.9 Å². The number of hydrogen-bond donors (Lipinski definition) is 2. The molecule has 2 aromatic carbocycles. The maximum absolute atomic E-state index is 12.0. The van der Waals surface area contributed by atoms with Crippen molar-refractivity contribution >= 4 is 16.8 Å². The Kier molecular flexibility index (Phi) is 4.68. The molecule has 28 heavy (non-hydrogen) atoms. The number of primary amides is 1. The number of amides is 1. The molecule has 0 aliphatic heterocycles. The highest BCUT2D eigenvalue weighted by molar-refractivity contribution is 5.94. The van der Waals surface area contributed by atoms with Crippen molar-refractivity contribution in [3.05, 3.63) is 94.3 Å². The van der Waals surface area contributed by atoms with Crippen LogP contribution >= 0.6 is 0 Å². The quantitative estimate of drug-likeness (QED) is 0.564. The smallest absolute Gasteiger partial charge is 0.258 e. The Morgan fingerprint density at radius 3 is 2.64 bits per heavy atom. The number of aromatic amines is 1. The van der Waals surface area contributed by atoms with Gasteiger partial charge in [-0.2, -0.15) is 0 Å². The van der Waals surface area contributed by atoms with Gasteiger partial charge in [0, 0.05) is 17.5 Å². The second-order valence-corrected chi connectivity index (χ2v) is 6.52. The normalized spacial score (nSPS) is 10.9. The van der Waals surface area contributed by atoms with Crippen LogP contribution in [0.15, 0.2) is 71.9 Å². The predicted octanol–water partition coefficient (Wildman–Crippen LogP) is 2.87. The number of rotatable bonds is 5. The number of carbonyl (C=O) groups excluding carboxylic acids is 1. The van der Waals surface area contributed by atoms with E-state index >= 15 is 0 Å². The van der Waals surface area contributed by atoms with E-state index in [1.54, 1.807) is 18.3 Å². The standard InChI is InChI=1S/C22H18N4O2/c23-21(27)18-4-2-1-3-14(18)5-7-17-11-16(9-10-24-17)15-6-8-20-19(12-15)22(28)26-13-25-20/h1-4,6,8-13H,5,7H2,(H2,23,27)(H,25,26,28). The summed E-state index contributed by atoms with van der Waals surface area (Å²) in [4.78, 5) is 34.8. The number of hydrogen-bond acceptors (Lipinski definition) is 4. The number of H-pyrrole nitrogens is 1. The van der Waals surface area contributed by atoms with Gasteiger partial charge >= 0.3 is 0 Å². The average molecular weight is 370 g/mol. The number of fused-ring (bicyclic) bond motifs is 1. The first-order valence-electron chi connectivity index (χ1n) is 8.92. The van der Waals surface area contributed by atoms with E-state index in [-0.39, 0.29) is 5.56 Å². The van der Waals surface area contributed by atoms with Crippen LogP contribution in [0, 0.1) is 0 Å². The van der Waals surface area contributed by atoms with Crippen molar-refractivity contribution in [2.75, 3.05) is 0 Å². The molecule has 4 aromatic rings. The number of aryl methyl sites for hydroxylation is 2. The number of benzene rings is 2. The SMILES string of the molecule is NC(=O)c1ccccc1CCc1cc(-c2ccc3nc[nH]c(=O)c3c2)ccn1. The highest BCUT2D eigenvalue weighted by atomic mass is 16.1. The highest BCUT2D eigenvalue weighted by Crippen LogP contribution is 2.23. The lowest BCUT2D eigenvalue weighted by atomic mass is 9.99. The van der Waals surface area contributed by atoms with E-state index in [0.29, 0.717) is 29.3 Å². The van der Waals surface area contributed by atoms with E-state index in [2.05, 4.69) is 15.0 Å². The van der Waals surface area contributed by atoms with Crippen molar-refractivity contribution in [1.29, 1.82) is 0 Å². The van der Waals surface area contributed by atoms with Crippen LogP contribution in [0.1, 0.15) is 21.6 Å². The molecule has 0 aliphatic rings. The molecule has 2 aromatic heterocycles. The summed E-state index contributed by atoms with van der Waals surface area (Å²) in [5.74, 6) is -0.424. The van der Waals surface area contributed by atoms with E-state index in [1.807, 2.05) is 42.5 Å². The Morgan fingerprint density at radius 1 is 0.964 bits per heavy atom. The van der Waals surface area contributed by atoms with Crippen molar-refractivity contribution in [3.63, 3.8) is 0 Å². The lowest BCUT2D eigenvalue weighted by Crippen LogP contribution is -2.14. The van der Waals surface area contributed by atoms with E-state index in [0.717, 1.165) is 22.4 Å². The number of nitrogens with one attached hydrogen (secondary N) is 1. The fourth-order valence-electron chi connectivity index (χ4n) is 3.28. The largest absolute Gasteiger partial charge is 0.366 e. The number of aromatic nitrogens is 3. The molecule has 1 amide bonds. The van der Waals surface area contributed by atoms with E-state index in [9.17, 15) is 9.59 Å². The van der Waals surface area contributed by atoms with Crippen LogP contribution in [0.3, 0.4) is 0 Å². The van der Waals surface area contributed by atoms with Crippen LogP contribution in [-0.2, 0) is 12.8 Å². The third kappa shape index (κ3) is 3.53. The van der Waals surface area contributed by atoms with Gasteiger partial charge in [0.15, 0.2) is 0 Å². The summed E-state index contributed by atoms with van der Waals surface area (Å²) in [7, 11) is 0. The number of pyridine rings is 1. The maximum atomic E-state index is 12.0. The average Bonchev–Trinajstić information content (AvgIpc) is 2.73. The molecule has 0 bridgehead atoms. The molecule has 0 saturated carbocycles. The minimum Gasteiger partial charge on any atom is -0.366 e. The Morgan fingerprint density at radius 2 is 1.79 bits per heavy atom. The van der Waals surface area contributed by atoms with Gasteiger partial charge in [0.05, 0.1) is 17.2 Å². The second-order valence-electron chi connectivity index (χ2n) is 6.52. The molecule has 0 unspecified atom stereocenters. The summed E-state index contributed by atoms with van der Waals surface area (Å²) >= 11 is 0. The molecule has 6 heteroatoms. The van der Waals surface area contributed by atoms with Crippen LogP contribution in [0.2, 0.25) is 0 Å². The molecule has 4 rings (SSSR count). The molecule has 3 N–H and O–H groups in total. The number of nitrogens with zero attached hydrogens (tertiary/aromatic N) is 2. The van der Waals surface area contributed by atoms with Crippen LogP contribution in [0.5, 0.6) is 0 Å². The Labute approximate surface area is 161 Å². The molecule has 138 valence electrons. The maximum Gasteiger partial charge on any atom is 0.258 e. The Bertz CT molecular complexity index is 1230. The minimum absolute atomic E-state index is 0.163. The van der Waals surface area contributed by atoms with Gasteiger partial charge in [-0.25, -0.2) is 4.98 Å². The molecular formula is C22H18N4O2. The lowest BCUT2D eigenvalue weighted by Gasteiger charge is -2.08. The first-order valence-corrected chi connectivity index (χ1v) is 8.92. The molecule has 0 spiro atoms. The fraction of sp³-hybridized carbons (Fsp3) is 0.0909. The number of carbonyl (C=O) groups is 1. The van der Waals surface area contributed by atoms with Gasteiger partial charge in [-0.3, -0.25) is 14.6 Å².